The van der Waals surface area contributed by atoms with Gasteiger partial charge in [0.1, 0.15) is 17.2 Å². The highest BCUT2D eigenvalue weighted by Crippen LogP contribution is 2.30. The summed E-state index contributed by atoms with van der Waals surface area (Å²) < 4.78 is 5.50. The van der Waals surface area contributed by atoms with E-state index < -0.39 is 5.91 Å². The van der Waals surface area contributed by atoms with Crippen LogP contribution in [-0.2, 0) is 4.79 Å². The number of carbonyl (C=O) groups is 1. The maximum atomic E-state index is 12.6. The molecular weight excluding hydrogens is 421 g/mol. The zero-order valence-corrected chi connectivity index (χ0v) is 16.9. The van der Waals surface area contributed by atoms with Gasteiger partial charge in [0.2, 0.25) is 0 Å². The van der Waals surface area contributed by atoms with Gasteiger partial charge in [-0.2, -0.15) is 5.26 Å². The SMILES string of the molecule is N#CC(=Cc1ccc2noc(-c3ccccc3)c2c1)C(=O)Nc1cc(Cl)cc(Cl)c1. The molecule has 5 nitrogen and oxygen atoms in total. The number of nitrogens with one attached hydrogen (secondary N) is 1. The smallest absolute Gasteiger partial charge is 0.266 e. The Morgan fingerprint density at radius 3 is 2.47 bits per heavy atom. The highest BCUT2D eigenvalue weighted by molar-refractivity contribution is 6.35. The van der Waals surface area contributed by atoms with Crippen LogP contribution < -0.4 is 5.32 Å². The first-order valence-electron chi connectivity index (χ1n) is 8.87. The molecule has 0 radical (unpaired) electrons. The molecule has 0 aliphatic heterocycles. The quantitative estimate of drug-likeness (QED) is 0.300. The molecule has 3 aromatic carbocycles. The van der Waals surface area contributed by atoms with Gasteiger partial charge in [-0.15, -0.1) is 0 Å². The molecule has 0 saturated heterocycles. The Bertz CT molecular complexity index is 1300. The zero-order valence-electron chi connectivity index (χ0n) is 15.4. The van der Waals surface area contributed by atoms with E-state index in [-0.39, 0.29) is 5.57 Å². The van der Waals surface area contributed by atoms with Gasteiger partial charge in [0, 0.05) is 21.3 Å². The van der Waals surface area contributed by atoms with Crippen LogP contribution in [-0.4, -0.2) is 11.1 Å². The largest absolute Gasteiger partial charge is 0.355 e. The molecule has 146 valence electrons. The molecule has 0 bridgehead atoms. The van der Waals surface area contributed by atoms with Crippen molar-refractivity contribution in [2.45, 2.75) is 0 Å². The third-order valence-electron chi connectivity index (χ3n) is 4.33. The second-order valence-corrected chi connectivity index (χ2v) is 7.31. The minimum absolute atomic E-state index is 0.0665. The van der Waals surface area contributed by atoms with Gasteiger partial charge >= 0.3 is 0 Å². The van der Waals surface area contributed by atoms with Crippen molar-refractivity contribution in [3.05, 3.63) is 87.9 Å². The topological polar surface area (TPSA) is 78.9 Å². The van der Waals surface area contributed by atoms with E-state index in [0.29, 0.717) is 32.6 Å². The normalized spacial score (nSPS) is 11.3. The van der Waals surface area contributed by atoms with Gasteiger partial charge in [0.15, 0.2) is 5.76 Å². The molecule has 4 rings (SSSR count). The lowest BCUT2D eigenvalue weighted by Crippen LogP contribution is -2.13. The van der Waals surface area contributed by atoms with E-state index in [4.69, 9.17) is 27.7 Å². The first-order chi connectivity index (χ1) is 14.5. The lowest BCUT2D eigenvalue weighted by atomic mass is 10.0. The number of hydrogen-bond acceptors (Lipinski definition) is 4. The molecule has 30 heavy (non-hydrogen) atoms. The van der Waals surface area contributed by atoms with E-state index in [2.05, 4.69) is 10.5 Å². The summed E-state index contributed by atoms with van der Waals surface area (Å²) in [6.07, 6.45) is 1.50. The summed E-state index contributed by atoms with van der Waals surface area (Å²) in [5, 5.41) is 17.8. The number of fused-ring (bicyclic) bond motifs is 1. The summed E-state index contributed by atoms with van der Waals surface area (Å²) in [6.45, 7) is 0. The second-order valence-electron chi connectivity index (χ2n) is 6.44. The summed E-state index contributed by atoms with van der Waals surface area (Å²) in [4.78, 5) is 12.6. The second kappa shape index (κ2) is 8.42. The number of benzene rings is 3. The third kappa shape index (κ3) is 4.20. The Balaban J connectivity index is 1.66. The number of nitrogens with zero attached hydrogens (tertiary/aromatic N) is 2. The minimum atomic E-state index is -0.565. The predicted octanol–water partition coefficient (Wildman–Crippen LogP) is 6.35. The highest BCUT2D eigenvalue weighted by atomic mass is 35.5. The van der Waals surface area contributed by atoms with Crippen LogP contribution in [0.15, 0.2) is 76.8 Å². The molecule has 1 aromatic heterocycles. The van der Waals surface area contributed by atoms with E-state index in [9.17, 15) is 10.1 Å². The number of rotatable bonds is 4. The molecule has 0 saturated carbocycles. The van der Waals surface area contributed by atoms with Crippen LogP contribution in [0.3, 0.4) is 0 Å². The molecule has 0 aliphatic carbocycles. The highest BCUT2D eigenvalue weighted by Gasteiger charge is 2.13. The summed E-state index contributed by atoms with van der Waals surface area (Å²) in [6, 6.07) is 21.5. The van der Waals surface area contributed by atoms with Crippen LogP contribution in [0.4, 0.5) is 5.69 Å². The van der Waals surface area contributed by atoms with Crippen molar-refractivity contribution >= 4 is 51.8 Å². The summed E-state index contributed by atoms with van der Waals surface area (Å²) in [7, 11) is 0. The van der Waals surface area contributed by atoms with Gasteiger partial charge in [-0.3, -0.25) is 4.79 Å². The van der Waals surface area contributed by atoms with Crippen molar-refractivity contribution in [3.63, 3.8) is 0 Å². The average Bonchev–Trinajstić information content (AvgIpc) is 3.15. The maximum absolute atomic E-state index is 12.6. The number of nitriles is 1. The van der Waals surface area contributed by atoms with Crippen molar-refractivity contribution < 1.29 is 9.32 Å². The Morgan fingerprint density at radius 1 is 1.03 bits per heavy atom. The lowest BCUT2D eigenvalue weighted by molar-refractivity contribution is -0.112. The molecule has 0 spiro atoms. The Morgan fingerprint density at radius 2 is 1.77 bits per heavy atom. The van der Waals surface area contributed by atoms with Crippen molar-refractivity contribution in [2.24, 2.45) is 0 Å². The lowest BCUT2D eigenvalue weighted by Gasteiger charge is -2.06. The van der Waals surface area contributed by atoms with Crippen LogP contribution in [0.5, 0.6) is 0 Å². The number of amides is 1. The maximum Gasteiger partial charge on any atom is 0.266 e. The average molecular weight is 434 g/mol. The first-order valence-corrected chi connectivity index (χ1v) is 9.63. The summed E-state index contributed by atoms with van der Waals surface area (Å²) in [5.41, 5.74) is 2.57. The fourth-order valence-corrected chi connectivity index (χ4v) is 3.51. The molecule has 1 N–H and O–H groups in total. The van der Waals surface area contributed by atoms with Crippen LogP contribution in [0.1, 0.15) is 5.56 Å². The minimum Gasteiger partial charge on any atom is -0.355 e. The van der Waals surface area contributed by atoms with Crippen LogP contribution in [0.2, 0.25) is 10.0 Å². The molecule has 7 heteroatoms. The van der Waals surface area contributed by atoms with Gasteiger partial charge < -0.3 is 9.84 Å². The number of halogens is 2. The van der Waals surface area contributed by atoms with Gasteiger partial charge in [0.25, 0.3) is 5.91 Å². The van der Waals surface area contributed by atoms with E-state index in [0.717, 1.165) is 10.9 Å². The molecule has 1 amide bonds. The molecule has 4 aromatic rings. The molecule has 1 heterocycles. The van der Waals surface area contributed by atoms with E-state index >= 15 is 0 Å². The number of aromatic nitrogens is 1. The van der Waals surface area contributed by atoms with Gasteiger partial charge in [-0.25, -0.2) is 0 Å². The number of anilines is 1. The Labute approximate surface area is 182 Å². The van der Waals surface area contributed by atoms with Gasteiger partial charge in [-0.05, 0) is 42.0 Å². The van der Waals surface area contributed by atoms with Crippen LogP contribution in [0.25, 0.3) is 28.3 Å². The van der Waals surface area contributed by atoms with E-state index in [1.807, 2.05) is 42.5 Å². The third-order valence-corrected chi connectivity index (χ3v) is 4.77. The van der Waals surface area contributed by atoms with Crippen molar-refractivity contribution in [2.75, 3.05) is 5.32 Å². The summed E-state index contributed by atoms with van der Waals surface area (Å²) in [5.74, 6) is 0.0573. The molecule has 0 fully saturated rings. The number of carbonyl (C=O) groups excluding carboxylic acids is 1. The Kier molecular flexibility index (Phi) is 5.53. The van der Waals surface area contributed by atoms with Crippen LogP contribution >= 0.6 is 23.2 Å². The summed E-state index contributed by atoms with van der Waals surface area (Å²) >= 11 is 11.9. The molecular formula is C23H13Cl2N3O2. The monoisotopic (exact) mass is 433 g/mol. The van der Waals surface area contributed by atoms with Gasteiger partial charge in [-0.1, -0.05) is 64.8 Å². The number of hydrogen-bond donors (Lipinski definition) is 1. The molecule has 0 atom stereocenters. The van der Waals surface area contributed by atoms with E-state index in [1.165, 1.54) is 6.08 Å². The van der Waals surface area contributed by atoms with E-state index in [1.54, 1.807) is 30.3 Å². The van der Waals surface area contributed by atoms with Crippen LogP contribution in [0, 0.1) is 11.3 Å². The fourth-order valence-electron chi connectivity index (χ4n) is 2.99. The predicted molar refractivity (Wildman–Crippen MR) is 118 cm³/mol. The standard InChI is InChI=1S/C23H13Cl2N3O2/c24-17-10-18(25)12-19(11-17)27-23(29)16(13-26)8-14-6-7-21-20(9-14)22(30-28-21)15-4-2-1-3-5-15/h1-12H,(H,27,29). The van der Waals surface area contributed by atoms with Crippen molar-refractivity contribution in [1.29, 1.82) is 5.26 Å². The first kappa shape index (κ1) is 19.7. The van der Waals surface area contributed by atoms with Gasteiger partial charge in [0.05, 0.1) is 5.39 Å². The van der Waals surface area contributed by atoms with Crippen molar-refractivity contribution in [1.82, 2.24) is 5.16 Å². The van der Waals surface area contributed by atoms with Crippen molar-refractivity contribution in [3.8, 4) is 17.4 Å². The fraction of sp³-hybridized carbons (Fsp3) is 0. The molecule has 0 unspecified atom stereocenters. The Hall–Kier alpha value is -3.59. The zero-order chi connectivity index (χ0) is 21.1. The molecule has 0 aliphatic rings.